The molecule has 2 aromatic rings. The van der Waals surface area contributed by atoms with Crippen LogP contribution in [-0.4, -0.2) is 20.0 Å². The second-order valence-corrected chi connectivity index (χ2v) is 4.11. The Bertz CT molecular complexity index is 555. The molecule has 104 valence electrons. The van der Waals surface area contributed by atoms with Gasteiger partial charge in [-0.1, -0.05) is 0 Å². The SMILES string of the molecule is CCn1cc(NCc2cc(C(F)(F)F)n[nH]2)c(C)n1. The average molecular weight is 273 g/mol. The number of hydrogen-bond acceptors (Lipinski definition) is 3. The second-order valence-electron chi connectivity index (χ2n) is 4.11. The Kier molecular flexibility index (Phi) is 3.50. The van der Waals surface area contributed by atoms with E-state index in [4.69, 9.17) is 0 Å². The van der Waals surface area contributed by atoms with Crippen molar-refractivity contribution in [1.29, 1.82) is 0 Å². The maximum atomic E-state index is 12.4. The average Bonchev–Trinajstić information content (AvgIpc) is 2.92. The van der Waals surface area contributed by atoms with Gasteiger partial charge in [-0.05, 0) is 19.9 Å². The Morgan fingerprint density at radius 2 is 2.16 bits per heavy atom. The minimum Gasteiger partial charge on any atom is -0.377 e. The molecular weight excluding hydrogens is 259 g/mol. The van der Waals surface area contributed by atoms with E-state index in [1.54, 1.807) is 4.68 Å². The predicted octanol–water partition coefficient (Wildman–Crippen LogP) is 2.57. The van der Waals surface area contributed by atoms with E-state index in [1.807, 2.05) is 20.0 Å². The van der Waals surface area contributed by atoms with Crippen LogP contribution in [0.4, 0.5) is 18.9 Å². The molecule has 0 saturated heterocycles. The Morgan fingerprint density at radius 1 is 1.42 bits per heavy atom. The number of aryl methyl sites for hydroxylation is 2. The van der Waals surface area contributed by atoms with Crippen molar-refractivity contribution in [2.24, 2.45) is 0 Å². The number of nitrogens with one attached hydrogen (secondary N) is 2. The van der Waals surface area contributed by atoms with E-state index < -0.39 is 11.9 Å². The third kappa shape index (κ3) is 3.07. The number of halogens is 3. The lowest BCUT2D eigenvalue weighted by Gasteiger charge is -2.02. The molecule has 2 rings (SSSR count). The summed E-state index contributed by atoms with van der Waals surface area (Å²) < 4.78 is 38.8. The van der Waals surface area contributed by atoms with Crippen molar-refractivity contribution >= 4 is 5.69 Å². The number of alkyl halides is 3. The van der Waals surface area contributed by atoms with Crippen LogP contribution in [0.15, 0.2) is 12.3 Å². The first kappa shape index (κ1) is 13.4. The fraction of sp³-hybridized carbons (Fsp3) is 0.455. The van der Waals surface area contributed by atoms with Gasteiger partial charge in [-0.25, -0.2) is 0 Å². The summed E-state index contributed by atoms with van der Waals surface area (Å²) in [4.78, 5) is 0. The van der Waals surface area contributed by atoms with E-state index in [0.717, 1.165) is 24.0 Å². The number of rotatable bonds is 4. The largest absolute Gasteiger partial charge is 0.435 e. The number of H-pyrrole nitrogens is 1. The molecule has 0 aliphatic rings. The van der Waals surface area contributed by atoms with E-state index in [0.29, 0.717) is 5.69 Å². The summed E-state index contributed by atoms with van der Waals surface area (Å²) in [5.74, 6) is 0. The molecule has 2 N–H and O–H groups in total. The molecular formula is C11H14F3N5. The molecule has 0 amide bonds. The summed E-state index contributed by atoms with van der Waals surface area (Å²) in [7, 11) is 0. The molecule has 0 bridgehead atoms. The quantitative estimate of drug-likeness (QED) is 0.900. The van der Waals surface area contributed by atoms with Gasteiger partial charge in [0.25, 0.3) is 0 Å². The fourth-order valence-corrected chi connectivity index (χ4v) is 1.64. The summed E-state index contributed by atoms with van der Waals surface area (Å²) >= 11 is 0. The highest BCUT2D eigenvalue weighted by atomic mass is 19.4. The molecule has 19 heavy (non-hydrogen) atoms. The van der Waals surface area contributed by atoms with Gasteiger partial charge in [-0.3, -0.25) is 9.78 Å². The molecule has 0 spiro atoms. The molecule has 0 saturated carbocycles. The molecule has 2 aromatic heterocycles. The van der Waals surface area contributed by atoms with E-state index in [1.165, 1.54) is 0 Å². The van der Waals surface area contributed by atoms with E-state index in [2.05, 4.69) is 20.6 Å². The zero-order valence-corrected chi connectivity index (χ0v) is 10.5. The zero-order valence-electron chi connectivity index (χ0n) is 10.5. The van der Waals surface area contributed by atoms with E-state index in [-0.39, 0.29) is 6.54 Å². The monoisotopic (exact) mass is 273 g/mol. The fourth-order valence-electron chi connectivity index (χ4n) is 1.64. The highest BCUT2D eigenvalue weighted by molar-refractivity contribution is 5.45. The minimum absolute atomic E-state index is 0.235. The second kappa shape index (κ2) is 4.94. The van der Waals surface area contributed by atoms with Crippen LogP contribution in [0.25, 0.3) is 0 Å². The van der Waals surface area contributed by atoms with Crippen molar-refractivity contribution in [2.75, 3.05) is 5.32 Å². The number of nitrogens with zero attached hydrogens (tertiary/aromatic N) is 3. The standard InChI is InChI=1S/C11H14F3N5/c1-3-19-6-9(7(2)18-19)15-5-8-4-10(17-16-8)11(12,13)14/h4,6,15H,3,5H2,1-2H3,(H,16,17). The highest BCUT2D eigenvalue weighted by Gasteiger charge is 2.33. The van der Waals surface area contributed by atoms with Crippen LogP contribution in [0.2, 0.25) is 0 Å². The molecule has 2 heterocycles. The first-order chi connectivity index (χ1) is 8.90. The van der Waals surface area contributed by atoms with Crippen LogP contribution in [0.3, 0.4) is 0 Å². The summed E-state index contributed by atoms with van der Waals surface area (Å²) in [5, 5.41) is 12.9. The predicted molar refractivity (Wildman–Crippen MR) is 63.6 cm³/mol. The highest BCUT2D eigenvalue weighted by Crippen LogP contribution is 2.27. The lowest BCUT2D eigenvalue weighted by Crippen LogP contribution is -2.04. The Labute approximate surface area is 107 Å². The third-order valence-corrected chi connectivity index (χ3v) is 2.66. The maximum Gasteiger partial charge on any atom is 0.435 e. The van der Waals surface area contributed by atoms with Crippen LogP contribution < -0.4 is 5.32 Å². The third-order valence-electron chi connectivity index (χ3n) is 2.66. The topological polar surface area (TPSA) is 58.5 Å². The van der Waals surface area contributed by atoms with E-state index >= 15 is 0 Å². The summed E-state index contributed by atoms with van der Waals surface area (Å²) in [6.07, 6.45) is -2.60. The van der Waals surface area contributed by atoms with E-state index in [9.17, 15) is 13.2 Å². The maximum absolute atomic E-state index is 12.4. The molecule has 0 aromatic carbocycles. The number of anilines is 1. The lowest BCUT2D eigenvalue weighted by molar-refractivity contribution is -0.141. The first-order valence-corrected chi connectivity index (χ1v) is 5.79. The van der Waals surface area contributed by atoms with Crippen molar-refractivity contribution in [3.63, 3.8) is 0 Å². The summed E-state index contributed by atoms with van der Waals surface area (Å²) in [5.41, 5.74) is 1.06. The van der Waals surface area contributed by atoms with Crippen molar-refractivity contribution in [3.8, 4) is 0 Å². The lowest BCUT2D eigenvalue weighted by atomic mass is 10.3. The summed E-state index contributed by atoms with van der Waals surface area (Å²) in [6, 6.07) is 0.993. The van der Waals surface area contributed by atoms with Crippen LogP contribution >= 0.6 is 0 Å². The molecule has 0 atom stereocenters. The number of hydrogen-bond donors (Lipinski definition) is 2. The van der Waals surface area contributed by atoms with Gasteiger partial charge >= 0.3 is 6.18 Å². The molecule has 0 fully saturated rings. The molecule has 0 radical (unpaired) electrons. The molecule has 5 nitrogen and oxygen atoms in total. The Balaban J connectivity index is 2.02. The van der Waals surface area contributed by atoms with Crippen LogP contribution in [0, 0.1) is 6.92 Å². The van der Waals surface area contributed by atoms with Crippen LogP contribution in [0.1, 0.15) is 24.0 Å². The van der Waals surface area contributed by atoms with Gasteiger partial charge in [0.2, 0.25) is 0 Å². The van der Waals surface area contributed by atoms with Gasteiger partial charge in [0.15, 0.2) is 5.69 Å². The van der Waals surface area contributed by atoms with Crippen molar-refractivity contribution in [1.82, 2.24) is 20.0 Å². The Morgan fingerprint density at radius 3 is 2.68 bits per heavy atom. The van der Waals surface area contributed by atoms with Gasteiger partial charge < -0.3 is 5.32 Å². The first-order valence-electron chi connectivity index (χ1n) is 5.79. The number of aromatic amines is 1. The van der Waals surface area contributed by atoms with Crippen LogP contribution in [0.5, 0.6) is 0 Å². The normalized spacial score (nSPS) is 11.8. The molecule has 8 heteroatoms. The zero-order chi connectivity index (χ0) is 14.0. The van der Waals surface area contributed by atoms with Crippen molar-refractivity contribution in [2.45, 2.75) is 33.1 Å². The van der Waals surface area contributed by atoms with Gasteiger partial charge in [0.05, 0.1) is 23.6 Å². The van der Waals surface area contributed by atoms with Gasteiger partial charge in [-0.2, -0.15) is 23.4 Å². The van der Waals surface area contributed by atoms with Crippen LogP contribution in [-0.2, 0) is 19.3 Å². The molecule has 0 aliphatic heterocycles. The smallest absolute Gasteiger partial charge is 0.377 e. The van der Waals surface area contributed by atoms with Crippen molar-refractivity contribution < 1.29 is 13.2 Å². The van der Waals surface area contributed by atoms with Gasteiger partial charge in [-0.15, -0.1) is 0 Å². The molecule has 0 aliphatic carbocycles. The van der Waals surface area contributed by atoms with Gasteiger partial charge in [0, 0.05) is 12.7 Å². The van der Waals surface area contributed by atoms with Gasteiger partial charge in [0.1, 0.15) is 0 Å². The Hall–Kier alpha value is -1.99. The summed E-state index contributed by atoms with van der Waals surface area (Å²) in [6.45, 7) is 4.77. The van der Waals surface area contributed by atoms with Crippen molar-refractivity contribution in [3.05, 3.63) is 29.3 Å². The minimum atomic E-state index is -4.42. The number of aromatic nitrogens is 4. The molecule has 0 unspecified atom stereocenters.